The number of nitrogens with zero attached hydrogens (tertiary/aromatic N) is 4. The van der Waals surface area contributed by atoms with Gasteiger partial charge in [0.15, 0.2) is 0 Å². The highest BCUT2D eigenvalue weighted by Gasteiger charge is 2.58. The van der Waals surface area contributed by atoms with Crippen LogP contribution in [0.15, 0.2) is 12.3 Å². The largest absolute Gasteiger partial charge is 0.280 e. The van der Waals surface area contributed by atoms with Gasteiger partial charge < -0.3 is 0 Å². The minimum atomic E-state index is -0.250. The first-order valence-corrected chi connectivity index (χ1v) is 13.0. The van der Waals surface area contributed by atoms with Crippen LogP contribution in [0, 0.1) is 5.41 Å². The van der Waals surface area contributed by atoms with E-state index in [0.717, 1.165) is 61.2 Å². The standard InChI is InChI=1S/C30H38B2N4/c1-26(2,3)17-13-16-15(14-33-17)24-35-22-20(31)18-19(29(9,10)30(11,12)28(18,7)8)21(32)23(22)36(24)25(34-16)27(4,5)6/h13-14H,1-12H3. The summed E-state index contributed by atoms with van der Waals surface area (Å²) in [5.41, 5.74) is 7.35. The molecule has 0 bridgehead atoms. The molecule has 4 radical (unpaired) electrons. The lowest BCUT2D eigenvalue weighted by Crippen LogP contribution is -2.43. The Morgan fingerprint density at radius 3 is 1.86 bits per heavy atom. The number of hydrogen-bond acceptors (Lipinski definition) is 3. The molecule has 36 heavy (non-hydrogen) atoms. The summed E-state index contributed by atoms with van der Waals surface area (Å²) in [6.07, 6.45) is 1.91. The Bertz CT molecular complexity index is 1590. The summed E-state index contributed by atoms with van der Waals surface area (Å²) in [6.45, 7) is 26.9. The van der Waals surface area contributed by atoms with Crippen LogP contribution in [0.5, 0.6) is 0 Å². The van der Waals surface area contributed by atoms with Crippen molar-refractivity contribution in [3.05, 3.63) is 34.9 Å². The van der Waals surface area contributed by atoms with Gasteiger partial charge in [-0.15, -0.1) is 0 Å². The highest BCUT2D eigenvalue weighted by Crippen LogP contribution is 2.60. The maximum absolute atomic E-state index is 7.15. The first kappa shape index (κ1) is 25.3. The van der Waals surface area contributed by atoms with Crippen LogP contribution >= 0.6 is 0 Å². The van der Waals surface area contributed by atoms with Gasteiger partial charge in [-0.3, -0.25) is 9.38 Å². The van der Waals surface area contributed by atoms with Gasteiger partial charge >= 0.3 is 0 Å². The maximum Gasteiger partial charge on any atom is 0.150 e. The second-order valence-electron chi connectivity index (χ2n) is 14.4. The molecule has 5 rings (SSSR count). The normalized spacial score (nSPS) is 18.9. The Hall–Kier alpha value is -2.36. The summed E-state index contributed by atoms with van der Waals surface area (Å²) in [5.74, 6) is 0.916. The number of fused-ring (bicyclic) bond motifs is 6. The lowest BCUT2D eigenvalue weighted by Gasteiger charge is -2.45. The van der Waals surface area contributed by atoms with Crippen molar-refractivity contribution in [3.63, 3.8) is 0 Å². The molecular formula is C30H38B2N4. The van der Waals surface area contributed by atoms with Crippen molar-refractivity contribution < 1.29 is 0 Å². The van der Waals surface area contributed by atoms with E-state index in [2.05, 4.69) is 93.6 Å². The number of aromatic nitrogens is 4. The van der Waals surface area contributed by atoms with Crippen LogP contribution < -0.4 is 10.9 Å². The smallest absolute Gasteiger partial charge is 0.150 e. The molecule has 0 aliphatic heterocycles. The van der Waals surface area contributed by atoms with Gasteiger partial charge in [0, 0.05) is 22.7 Å². The lowest BCUT2D eigenvalue weighted by atomic mass is 9.58. The fraction of sp³-hybridized carbons (Fsp3) is 0.567. The van der Waals surface area contributed by atoms with Gasteiger partial charge in [-0.1, -0.05) is 94.0 Å². The molecule has 184 valence electrons. The van der Waals surface area contributed by atoms with E-state index in [-0.39, 0.29) is 27.1 Å². The van der Waals surface area contributed by atoms with Crippen molar-refractivity contribution in [2.24, 2.45) is 5.41 Å². The zero-order chi connectivity index (χ0) is 27.0. The van der Waals surface area contributed by atoms with Gasteiger partial charge in [-0.25, -0.2) is 9.97 Å². The zero-order valence-corrected chi connectivity index (χ0v) is 24.1. The van der Waals surface area contributed by atoms with E-state index in [1.54, 1.807) is 0 Å². The summed E-state index contributed by atoms with van der Waals surface area (Å²) in [7, 11) is 14.2. The van der Waals surface area contributed by atoms with Crippen LogP contribution in [0.1, 0.15) is 106 Å². The molecule has 4 aromatic rings. The third-order valence-electron chi connectivity index (χ3n) is 9.55. The molecule has 0 atom stereocenters. The number of pyridine rings is 1. The van der Waals surface area contributed by atoms with Crippen LogP contribution in [-0.4, -0.2) is 35.0 Å². The lowest BCUT2D eigenvalue weighted by molar-refractivity contribution is 0.125. The van der Waals surface area contributed by atoms with Crippen molar-refractivity contribution in [2.75, 3.05) is 0 Å². The predicted octanol–water partition coefficient (Wildman–Crippen LogP) is 5.21. The second-order valence-corrected chi connectivity index (χ2v) is 14.4. The molecule has 1 aliphatic rings. The highest BCUT2D eigenvalue weighted by atomic mass is 15.1. The summed E-state index contributed by atoms with van der Waals surface area (Å²) in [5, 5.41) is 0.907. The minimum Gasteiger partial charge on any atom is -0.280 e. The summed E-state index contributed by atoms with van der Waals surface area (Å²) in [6, 6.07) is 2.10. The van der Waals surface area contributed by atoms with E-state index in [4.69, 9.17) is 30.6 Å². The first-order chi connectivity index (χ1) is 16.2. The average molecular weight is 476 g/mol. The van der Waals surface area contributed by atoms with Crippen molar-refractivity contribution in [2.45, 2.75) is 105 Å². The Morgan fingerprint density at radius 2 is 1.33 bits per heavy atom. The van der Waals surface area contributed by atoms with Gasteiger partial charge in [-0.2, -0.15) is 0 Å². The topological polar surface area (TPSA) is 43.1 Å². The van der Waals surface area contributed by atoms with E-state index in [9.17, 15) is 0 Å². The molecule has 0 N–H and O–H groups in total. The molecule has 4 nitrogen and oxygen atoms in total. The first-order valence-electron chi connectivity index (χ1n) is 13.0. The number of imidazole rings is 1. The fourth-order valence-corrected chi connectivity index (χ4v) is 6.24. The Labute approximate surface area is 218 Å². The van der Waals surface area contributed by atoms with E-state index in [1.807, 2.05) is 6.20 Å². The SMILES string of the molecule is [B]c1c2c(c([B])c3c1nc1c4cnc(C(C)(C)C)cc4nc(C(C)(C)C)n13)C(C)(C)C(C)(C)C2(C)C. The van der Waals surface area contributed by atoms with Gasteiger partial charge in [0.05, 0.1) is 21.9 Å². The quantitative estimate of drug-likeness (QED) is 0.328. The van der Waals surface area contributed by atoms with Gasteiger partial charge in [0.25, 0.3) is 0 Å². The van der Waals surface area contributed by atoms with Crippen LogP contribution in [-0.2, 0) is 21.7 Å². The number of benzene rings is 1. The molecule has 0 fully saturated rings. The molecule has 0 unspecified atom stereocenters. The van der Waals surface area contributed by atoms with Crippen LogP contribution in [0.3, 0.4) is 0 Å². The van der Waals surface area contributed by atoms with E-state index < -0.39 is 0 Å². The monoisotopic (exact) mass is 476 g/mol. The zero-order valence-electron chi connectivity index (χ0n) is 24.1. The third-order valence-corrected chi connectivity index (χ3v) is 9.55. The van der Waals surface area contributed by atoms with E-state index >= 15 is 0 Å². The molecule has 3 heterocycles. The van der Waals surface area contributed by atoms with Gasteiger partial charge in [-0.05, 0) is 33.4 Å². The van der Waals surface area contributed by atoms with Crippen molar-refractivity contribution in [1.82, 2.24) is 19.4 Å². The molecule has 0 saturated carbocycles. The van der Waals surface area contributed by atoms with Crippen LogP contribution in [0.25, 0.3) is 27.6 Å². The van der Waals surface area contributed by atoms with Crippen LogP contribution in [0.4, 0.5) is 0 Å². The number of rotatable bonds is 0. The summed E-state index contributed by atoms with van der Waals surface area (Å²) >= 11 is 0. The van der Waals surface area contributed by atoms with Crippen LogP contribution in [0.2, 0.25) is 0 Å². The predicted molar refractivity (Wildman–Crippen MR) is 154 cm³/mol. The summed E-state index contributed by atoms with van der Waals surface area (Å²) < 4.78 is 2.15. The molecule has 0 saturated heterocycles. The average Bonchev–Trinajstić information content (AvgIpc) is 3.18. The Balaban J connectivity index is 2.04. The Morgan fingerprint density at radius 1 is 0.778 bits per heavy atom. The summed E-state index contributed by atoms with van der Waals surface area (Å²) in [4.78, 5) is 15.2. The van der Waals surface area contributed by atoms with Gasteiger partial charge in [0.1, 0.15) is 27.2 Å². The Kier molecular flexibility index (Phi) is 4.87. The molecular weight excluding hydrogens is 438 g/mol. The molecule has 0 spiro atoms. The second kappa shape index (κ2) is 6.94. The highest BCUT2D eigenvalue weighted by molar-refractivity contribution is 6.46. The van der Waals surface area contributed by atoms with Crippen molar-refractivity contribution in [3.8, 4) is 0 Å². The molecule has 1 aromatic carbocycles. The number of hydrogen-bond donors (Lipinski definition) is 0. The molecule has 1 aliphatic carbocycles. The third kappa shape index (κ3) is 2.93. The fourth-order valence-electron chi connectivity index (χ4n) is 6.24. The molecule has 6 heteroatoms. The van der Waals surface area contributed by atoms with E-state index in [0.29, 0.717) is 0 Å². The minimum absolute atomic E-state index is 0.0606. The molecule has 0 amide bonds. The van der Waals surface area contributed by atoms with Crippen molar-refractivity contribution in [1.29, 1.82) is 0 Å². The van der Waals surface area contributed by atoms with Gasteiger partial charge in [0.2, 0.25) is 0 Å². The maximum atomic E-state index is 7.15. The van der Waals surface area contributed by atoms with E-state index in [1.165, 1.54) is 0 Å². The molecule has 3 aromatic heterocycles. The van der Waals surface area contributed by atoms with Crippen molar-refractivity contribution >= 4 is 54.2 Å².